The van der Waals surface area contributed by atoms with Gasteiger partial charge in [-0.15, -0.1) is 0 Å². The molecule has 0 saturated carbocycles. The Bertz CT molecular complexity index is 421. The molecule has 0 radical (unpaired) electrons. The van der Waals surface area contributed by atoms with Gasteiger partial charge in [-0.2, -0.15) is 0 Å². The molecule has 1 rings (SSSR count). The van der Waals surface area contributed by atoms with Crippen LogP contribution in [0.5, 0.6) is 0 Å². The van der Waals surface area contributed by atoms with Crippen molar-refractivity contribution < 1.29 is 10.3 Å². The van der Waals surface area contributed by atoms with Crippen LogP contribution in [0.2, 0.25) is 5.02 Å². The number of nitrogens with zero attached hydrogens (tertiary/aromatic N) is 2. The minimum Gasteiger partial charge on any atom is -0.409 e. The number of aliphatic hydroxyl groups is 1. The number of halogens is 1. The fraction of sp³-hybridized carbons (Fsp3) is 0.364. The van der Waals surface area contributed by atoms with Crippen LogP contribution in [0.15, 0.2) is 23.4 Å². The predicted molar refractivity (Wildman–Crippen MR) is 68.9 cm³/mol. The fourth-order valence-electron chi connectivity index (χ4n) is 1.59. The van der Waals surface area contributed by atoms with Gasteiger partial charge in [0.15, 0.2) is 5.84 Å². The Morgan fingerprint density at radius 3 is 2.76 bits per heavy atom. The Kier molecular flexibility index (Phi) is 4.60. The van der Waals surface area contributed by atoms with E-state index in [4.69, 9.17) is 22.5 Å². The number of hydrogen-bond donors (Lipinski definition) is 3. The highest BCUT2D eigenvalue weighted by atomic mass is 35.5. The van der Waals surface area contributed by atoms with Crippen molar-refractivity contribution in [2.24, 2.45) is 10.9 Å². The number of rotatable bonds is 4. The van der Waals surface area contributed by atoms with Gasteiger partial charge in [0, 0.05) is 29.9 Å². The quantitative estimate of drug-likeness (QED) is 0.328. The minimum absolute atomic E-state index is 0.00843. The molecule has 0 bridgehead atoms. The molecule has 0 amide bonds. The van der Waals surface area contributed by atoms with E-state index in [1.54, 1.807) is 37.1 Å². The summed E-state index contributed by atoms with van der Waals surface area (Å²) >= 11 is 5.91. The van der Waals surface area contributed by atoms with E-state index < -0.39 is 6.10 Å². The molecule has 1 unspecified atom stereocenters. The van der Waals surface area contributed by atoms with Crippen molar-refractivity contribution in [2.45, 2.75) is 13.0 Å². The zero-order valence-corrected chi connectivity index (χ0v) is 10.5. The molecule has 1 atom stereocenters. The first-order valence-corrected chi connectivity index (χ1v) is 5.50. The maximum atomic E-state index is 9.35. The molecule has 6 heteroatoms. The second-order valence-corrected chi connectivity index (χ2v) is 4.31. The molecular formula is C11H16ClN3O2. The molecule has 5 nitrogen and oxygen atoms in total. The lowest BCUT2D eigenvalue weighted by Gasteiger charge is -2.23. The third-order valence-corrected chi connectivity index (χ3v) is 2.53. The monoisotopic (exact) mass is 257 g/mol. The van der Waals surface area contributed by atoms with Crippen LogP contribution in [0, 0.1) is 0 Å². The van der Waals surface area contributed by atoms with E-state index in [1.165, 1.54) is 0 Å². The van der Waals surface area contributed by atoms with Gasteiger partial charge in [-0.25, -0.2) is 0 Å². The van der Waals surface area contributed by atoms with E-state index in [0.29, 0.717) is 22.8 Å². The van der Waals surface area contributed by atoms with Crippen LogP contribution in [0.1, 0.15) is 12.5 Å². The molecule has 4 N–H and O–H groups in total. The molecule has 0 aliphatic heterocycles. The summed E-state index contributed by atoms with van der Waals surface area (Å²) in [4.78, 5) is 1.80. The first-order valence-electron chi connectivity index (χ1n) is 5.12. The standard InChI is InChI=1S/C11H16ClN3O2/c1-7(16)6-15(2)10-5-8(12)3-4-9(10)11(13)14-17/h3-5,7,16-17H,6H2,1-2H3,(H2,13,14). The number of anilines is 1. The van der Waals surface area contributed by atoms with Gasteiger partial charge < -0.3 is 20.9 Å². The van der Waals surface area contributed by atoms with Crippen molar-refractivity contribution in [3.8, 4) is 0 Å². The van der Waals surface area contributed by atoms with Crippen molar-refractivity contribution in [3.05, 3.63) is 28.8 Å². The Balaban J connectivity index is 3.15. The smallest absolute Gasteiger partial charge is 0.172 e. The normalized spacial score (nSPS) is 13.5. The summed E-state index contributed by atoms with van der Waals surface area (Å²) in [6.07, 6.45) is -0.487. The summed E-state index contributed by atoms with van der Waals surface area (Å²) in [5.74, 6) is 0.00843. The van der Waals surface area contributed by atoms with Crippen LogP contribution >= 0.6 is 11.6 Å². The van der Waals surface area contributed by atoms with E-state index >= 15 is 0 Å². The van der Waals surface area contributed by atoms with Crippen LogP contribution in [0.25, 0.3) is 0 Å². The van der Waals surface area contributed by atoms with Gasteiger partial charge in [0.25, 0.3) is 0 Å². The van der Waals surface area contributed by atoms with Gasteiger partial charge in [-0.1, -0.05) is 16.8 Å². The summed E-state index contributed by atoms with van der Waals surface area (Å²) in [5, 5.41) is 21.6. The molecule has 0 fully saturated rings. The van der Waals surface area contributed by atoms with Crippen molar-refractivity contribution in [1.29, 1.82) is 0 Å². The first kappa shape index (κ1) is 13.6. The second-order valence-electron chi connectivity index (χ2n) is 3.88. The number of aliphatic hydroxyl groups excluding tert-OH is 1. The Hall–Kier alpha value is -1.46. The fourth-order valence-corrected chi connectivity index (χ4v) is 1.75. The van der Waals surface area contributed by atoms with Crippen molar-refractivity contribution in [3.63, 3.8) is 0 Å². The summed E-state index contributed by atoms with van der Waals surface area (Å²) in [5.41, 5.74) is 6.85. The highest BCUT2D eigenvalue weighted by Gasteiger charge is 2.13. The highest BCUT2D eigenvalue weighted by molar-refractivity contribution is 6.31. The molecule has 94 valence electrons. The number of oxime groups is 1. The topological polar surface area (TPSA) is 82.1 Å². The lowest BCUT2D eigenvalue weighted by Crippen LogP contribution is -2.29. The van der Waals surface area contributed by atoms with Crippen LogP contribution < -0.4 is 10.6 Å². The molecule has 0 aliphatic rings. The highest BCUT2D eigenvalue weighted by Crippen LogP contribution is 2.24. The van der Waals surface area contributed by atoms with Gasteiger partial charge in [-0.3, -0.25) is 0 Å². The second kappa shape index (κ2) is 5.75. The first-order chi connectivity index (χ1) is 7.95. The van der Waals surface area contributed by atoms with Gasteiger partial charge in [0.05, 0.1) is 6.10 Å². The maximum absolute atomic E-state index is 9.35. The van der Waals surface area contributed by atoms with Crippen LogP contribution in [0.3, 0.4) is 0 Å². The SMILES string of the molecule is CC(O)CN(C)c1cc(Cl)ccc1C(N)=NO. The molecular weight excluding hydrogens is 242 g/mol. The maximum Gasteiger partial charge on any atom is 0.172 e. The zero-order valence-electron chi connectivity index (χ0n) is 9.76. The molecule has 1 aromatic rings. The van der Waals surface area contributed by atoms with Crippen LogP contribution in [0.4, 0.5) is 5.69 Å². The number of likely N-dealkylation sites (N-methyl/N-ethyl adjacent to an activating group) is 1. The van der Waals surface area contributed by atoms with Gasteiger partial charge in [0.2, 0.25) is 0 Å². The molecule has 0 spiro atoms. The van der Waals surface area contributed by atoms with Crippen LogP contribution in [-0.2, 0) is 0 Å². The van der Waals surface area contributed by atoms with E-state index in [1.807, 2.05) is 0 Å². The Morgan fingerprint density at radius 2 is 2.24 bits per heavy atom. The number of benzene rings is 1. The molecule has 0 heterocycles. The average molecular weight is 258 g/mol. The van der Waals surface area contributed by atoms with Crippen LogP contribution in [-0.4, -0.2) is 35.8 Å². The molecule has 0 aromatic heterocycles. The lowest BCUT2D eigenvalue weighted by molar-refractivity contribution is 0.201. The summed E-state index contributed by atoms with van der Waals surface area (Å²) < 4.78 is 0. The largest absolute Gasteiger partial charge is 0.409 e. The molecule has 17 heavy (non-hydrogen) atoms. The van der Waals surface area contributed by atoms with Crippen molar-refractivity contribution in [2.75, 3.05) is 18.5 Å². The molecule has 1 aromatic carbocycles. The zero-order chi connectivity index (χ0) is 13.0. The summed E-state index contributed by atoms with van der Waals surface area (Å²) in [6.45, 7) is 2.11. The van der Waals surface area contributed by atoms with E-state index in [0.717, 1.165) is 0 Å². The predicted octanol–water partition coefficient (Wildman–Crippen LogP) is 1.25. The van der Waals surface area contributed by atoms with E-state index in [-0.39, 0.29) is 5.84 Å². The van der Waals surface area contributed by atoms with Gasteiger partial charge >= 0.3 is 0 Å². The minimum atomic E-state index is -0.487. The summed E-state index contributed by atoms with van der Waals surface area (Å²) in [6, 6.07) is 5.04. The van der Waals surface area contributed by atoms with Gasteiger partial charge in [0.1, 0.15) is 0 Å². The Morgan fingerprint density at radius 1 is 1.59 bits per heavy atom. The summed E-state index contributed by atoms with van der Waals surface area (Å²) in [7, 11) is 1.80. The van der Waals surface area contributed by atoms with E-state index in [2.05, 4.69) is 5.16 Å². The third kappa shape index (κ3) is 3.51. The van der Waals surface area contributed by atoms with E-state index in [9.17, 15) is 5.11 Å². The number of nitrogens with two attached hydrogens (primary N) is 1. The molecule has 0 aliphatic carbocycles. The Labute approximate surface area is 105 Å². The van der Waals surface area contributed by atoms with Gasteiger partial charge in [-0.05, 0) is 25.1 Å². The molecule has 0 saturated heterocycles. The van der Waals surface area contributed by atoms with Crippen molar-refractivity contribution in [1.82, 2.24) is 0 Å². The lowest BCUT2D eigenvalue weighted by atomic mass is 10.1. The number of amidine groups is 1. The number of hydrogen-bond acceptors (Lipinski definition) is 4. The average Bonchev–Trinajstić information content (AvgIpc) is 2.27. The van der Waals surface area contributed by atoms with Crippen molar-refractivity contribution >= 4 is 23.1 Å². The third-order valence-electron chi connectivity index (χ3n) is 2.29.